The molecule has 0 unspecified atom stereocenters. The van der Waals surface area contributed by atoms with Crippen LogP contribution in [0, 0.1) is 6.92 Å². The fraction of sp³-hybridized carbons (Fsp3) is 0.260. The van der Waals surface area contributed by atoms with Crippen LogP contribution in [-0.4, -0.2) is 6.71 Å². The molecule has 9 aromatic carbocycles. The van der Waals surface area contributed by atoms with E-state index < -0.39 is 0 Å². The van der Waals surface area contributed by atoms with Gasteiger partial charge >= 0.3 is 0 Å². The molecule has 2 aliphatic heterocycles. The van der Waals surface area contributed by atoms with Crippen LogP contribution >= 0.6 is 0 Å². The van der Waals surface area contributed by atoms with E-state index in [4.69, 9.17) is 0 Å². The summed E-state index contributed by atoms with van der Waals surface area (Å²) in [6.45, 7) is 28.8. The molecule has 374 valence electrons. The van der Waals surface area contributed by atoms with Crippen molar-refractivity contribution in [2.24, 2.45) is 0 Å². The molecule has 0 fully saturated rings. The smallest absolute Gasteiger partial charge is 0.252 e. The van der Waals surface area contributed by atoms with E-state index in [9.17, 15) is 0 Å². The third-order valence-electron chi connectivity index (χ3n) is 19.1. The SMILES string of the molecule is Cc1cc2c3c(c1)N(c1ccc(-c4cccc5c4-c4ccccc4C5(C)C)cc1)c1cc4c(cc1B3c1ccc(C(C)(C)C)cc1N2c1ccc(-c2cccc3c2-c2ccccc2C3(C)C)cc1)C(C)(C)CCC4(C)C. The van der Waals surface area contributed by atoms with E-state index in [1.807, 2.05) is 0 Å². The fourth-order valence-electron chi connectivity index (χ4n) is 14.8. The zero-order valence-electron chi connectivity index (χ0n) is 46.6. The van der Waals surface area contributed by atoms with E-state index in [-0.39, 0.29) is 33.8 Å². The number of hydrogen-bond acceptors (Lipinski definition) is 2. The van der Waals surface area contributed by atoms with Crippen LogP contribution in [0.5, 0.6) is 0 Å². The molecule has 9 aromatic rings. The predicted molar refractivity (Wildman–Crippen MR) is 325 cm³/mol. The molecular weight excluding hydrogens is 916 g/mol. The zero-order chi connectivity index (χ0) is 52.6. The van der Waals surface area contributed by atoms with Crippen molar-refractivity contribution < 1.29 is 0 Å². The van der Waals surface area contributed by atoms with E-state index >= 15 is 0 Å². The van der Waals surface area contributed by atoms with Crippen LogP contribution < -0.4 is 26.2 Å². The Hall–Kier alpha value is -7.36. The molecule has 0 aromatic heterocycles. The Balaban J connectivity index is 0.977. The third-order valence-corrected chi connectivity index (χ3v) is 19.1. The predicted octanol–water partition coefficient (Wildman–Crippen LogP) is 17.7. The van der Waals surface area contributed by atoms with Gasteiger partial charge in [0.25, 0.3) is 6.71 Å². The lowest BCUT2D eigenvalue weighted by molar-refractivity contribution is 0.332. The van der Waals surface area contributed by atoms with Crippen LogP contribution in [0.2, 0.25) is 0 Å². The summed E-state index contributed by atoms with van der Waals surface area (Å²) in [5.74, 6) is 0. The van der Waals surface area contributed by atoms with Gasteiger partial charge in [-0.15, -0.1) is 0 Å². The van der Waals surface area contributed by atoms with Gasteiger partial charge in [0, 0.05) is 45.0 Å². The van der Waals surface area contributed by atoms with Gasteiger partial charge in [0.15, 0.2) is 0 Å². The van der Waals surface area contributed by atoms with Gasteiger partial charge in [-0.1, -0.05) is 204 Å². The molecule has 3 heteroatoms. The number of rotatable bonds is 4. The topological polar surface area (TPSA) is 6.48 Å². The van der Waals surface area contributed by atoms with Crippen molar-refractivity contribution in [1.82, 2.24) is 0 Å². The molecular formula is C73H69BN2. The van der Waals surface area contributed by atoms with Gasteiger partial charge < -0.3 is 9.80 Å². The van der Waals surface area contributed by atoms with Gasteiger partial charge in [-0.05, 0) is 190 Å². The Labute approximate surface area is 452 Å². The molecule has 0 radical (unpaired) electrons. The normalized spacial score (nSPS) is 17.2. The molecule has 0 saturated carbocycles. The highest BCUT2D eigenvalue weighted by Gasteiger charge is 2.47. The van der Waals surface area contributed by atoms with Gasteiger partial charge in [-0.25, -0.2) is 0 Å². The second-order valence-electron chi connectivity index (χ2n) is 26.5. The van der Waals surface area contributed by atoms with E-state index in [0.29, 0.717) is 0 Å². The summed E-state index contributed by atoms with van der Waals surface area (Å²) in [5, 5.41) is 0. The maximum Gasteiger partial charge on any atom is 0.252 e. The van der Waals surface area contributed by atoms with Gasteiger partial charge in [0.2, 0.25) is 0 Å². The maximum atomic E-state index is 2.67. The highest BCUT2D eigenvalue weighted by Crippen LogP contribution is 2.55. The number of hydrogen-bond donors (Lipinski definition) is 0. The summed E-state index contributed by atoms with van der Waals surface area (Å²) < 4.78 is 0. The lowest BCUT2D eigenvalue weighted by Gasteiger charge is -2.47. The largest absolute Gasteiger partial charge is 0.311 e. The van der Waals surface area contributed by atoms with Gasteiger partial charge in [0.05, 0.1) is 0 Å². The average molecular weight is 985 g/mol. The Kier molecular flexibility index (Phi) is 9.83. The van der Waals surface area contributed by atoms with Gasteiger partial charge in [-0.2, -0.15) is 0 Å². The molecule has 2 nitrogen and oxygen atoms in total. The van der Waals surface area contributed by atoms with Gasteiger partial charge in [0.1, 0.15) is 0 Å². The molecule has 0 amide bonds. The van der Waals surface area contributed by atoms with Crippen LogP contribution in [0.4, 0.5) is 34.1 Å². The first-order valence-corrected chi connectivity index (χ1v) is 28.0. The summed E-state index contributed by atoms with van der Waals surface area (Å²) in [6.07, 6.45) is 2.33. The monoisotopic (exact) mass is 985 g/mol. The van der Waals surface area contributed by atoms with E-state index in [1.54, 1.807) is 0 Å². The lowest BCUT2D eigenvalue weighted by atomic mass is 9.33. The van der Waals surface area contributed by atoms with E-state index in [1.165, 1.54) is 146 Å². The first-order chi connectivity index (χ1) is 36.2. The molecule has 0 spiro atoms. The molecule has 5 aliphatic rings. The highest BCUT2D eigenvalue weighted by molar-refractivity contribution is 7.00. The highest BCUT2D eigenvalue weighted by atomic mass is 15.2. The van der Waals surface area contributed by atoms with Crippen LogP contribution in [0.3, 0.4) is 0 Å². The van der Waals surface area contributed by atoms with Crippen molar-refractivity contribution in [3.63, 3.8) is 0 Å². The van der Waals surface area contributed by atoms with Crippen molar-refractivity contribution in [2.45, 2.75) is 123 Å². The quantitative estimate of drug-likeness (QED) is 0.162. The average Bonchev–Trinajstić information content (AvgIpc) is 3.96. The number of anilines is 6. The third kappa shape index (κ3) is 6.60. The first kappa shape index (κ1) is 47.1. The minimum Gasteiger partial charge on any atom is -0.311 e. The molecule has 14 rings (SSSR count). The van der Waals surface area contributed by atoms with E-state index in [2.05, 4.69) is 269 Å². The van der Waals surface area contributed by atoms with Crippen LogP contribution in [0.25, 0.3) is 44.5 Å². The fourth-order valence-corrected chi connectivity index (χ4v) is 14.8. The van der Waals surface area contributed by atoms with Crippen molar-refractivity contribution >= 4 is 57.2 Å². The minimum absolute atomic E-state index is 0.0347. The summed E-state index contributed by atoms with van der Waals surface area (Å²) in [7, 11) is 0. The van der Waals surface area contributed by atoms with Crippen molar-refractivity contribution in [2.75, 3.05) is 9.80 Å². The van der Waals surface area contributed by atoms with Crippen LogP contribution in [0.15, 0.2) is 176 Å². The van der Waals surface area contributed by atoms with Gasteiger partial charge in [-0.3, -0.25) is 0 Å². The molecule has 3 aliphatic carbocycles. The summed E-state index contributed by atoms with van der Waals surface area (Å²) >= 11 is 0. The zero-order valence-corrected chi connectivity index (χ0v) is 46.6. The van der Waals surface area contributed by atoms with Crippen molar-refractivity contribution in [3.05, 3.63) is 220 Å². The summed E-state index contributed by atoms with van der Waals surface area (Å²) in [4.78, 5) is 5.25. The van der Waals surface area contributed by atoms with Crippen LogP contribution in [-0.2, 0) is 27.1 Å². The molecule has 0 atom stereocenters. The summed E-state index contributed by atoms with van der Waals surface area (Å²) in [5.41, 5.74) is 33.2. The standard InChI is InChI=1S/C73H69BN2/c1-44-39-64-68-65(40-44)76(49-34-29-46(30-35-49)51-22-18-26-57-67(51)53-20-14-16-24-55(53)73(57,11)12)63-43-59-58(70(5,6)37-38-71(59,7)8)42-61(63)74(68)60-36-31-47(69(2,3)4)41-62(60)75(64)48-32-27-45(28-33-48)50-21-17-25-56-66(50)52-19-13-15-23-54(52)72(56,9)10/h13-36,39-43H,37-38H2,1-12H3. The Morgan fingerprint density at radius 1 is 0.395 bits per heavy atom. The molecule has 0 bridgehead atoms. The minimum atomic E-state index is -0.0587. The Morgan fingerprint density at radius 3 is 1.32 bits per heavy atom. The first-order valence-electron chi connectivity index (χ1n) is 28.0. The second-order valence-corrected chi connectivity index (χ2v) is 26.5. The molecule has 0 saturated heterocycles. The lowest BCUT2D eigenvalue weighted by Crippen LogP contribution is -2.62. The maximum absolute atomic E-state index is 2.67. The van der Waals surface area contributed by atoms with E-state index in [0.717, 1.165) is 6.42 Å². The number of benzene rings is 9. The molecule has 76 heavy (non-hydrogen) atoms. The number of aryl methyl sites for hydroxylation is 1. The van der Waals surface area contributed by atoms with Crippen LogP contribution in [0.1, 0.15) is 134 Å². The molecule has 2 heterocycles. The number of fused-ring (bicyclic) bond motifs is 11. The Bertz CT molecular complexity index is 3920. The Morgan fingerprint density at radius 2 is 0.829 bits per heavy atom. The second kappa shape index (κ2) is 15.9. The van der Waals surface area contributed by atoms with Crippen molar-refractivity contribution in [1.29, 1.82) is 0 Å². The summed E-state index contributed by atoms with van der Waals surface area (Å²) in [6, 6.07) is 68.7. The molecule has 0 N–H and O–H groups in total. The number of nitrogens with zero attached hydrogens (tertiary/aromatic N) is 2. The van der Waals surface area contributed by atoms with Crippen molar-refractivity contribution in [3.8, 4) is 44.5 Å².